The number of rotatable bonds is 1. The molecule has 0 bridgehead atoms. The molecule has 0 radical (unpaired) electrons. The Morgan fingerprint density at radius 2 is 1.68 bits per heavy atom. The molecule has 0 aromatic heterocycles. The van der Waals surface area contributed by atoms with Crippen LogP contribution in [-0.4, -0.2) is 34.3 Å². The maximum atomic E-state index is 12.5. The lowest BCUT2D eigenvalue weighted by atomic mass is 9.88. The van der Waals surface area contributed by atoms with Gasteiger partial charge in [0, 0.05) is 24.7 Å². The van der Waals surface area contributed by atoms with Gasteiger partial charge in [-0.1, -0.05) is 17.7 Å². The summed E-state index contributed by atoms with van der Waals surface area (Å²) >= 11 is 0. The Kier molecular flexibility index (Phi) is 3.09. The number of carbonyl (C=O) groups excluding carboxylic acids is 1. The molecule has 1 heterocycles. The minimum absolute atomic E-state index is 0.176. The van der Waals surface area contributed by atoms with Crippen LogP contribution >= 0.6 is 0 Å². The Hall–Kier alpha value is -1.55. The molecule has 2 rings (SSSR count). The van der Waals surface area contributed by atoms with Crippen LogP contribution in [0.2, 0.25) is 0 Å². The van der Waals surface area contributed by atoms with Gasteiger partial charge in [0.2, 0.25) is 0 Å². The van der Waals surface area contributed by atoms with E-state index in [0.29, 0.717) is 6.42 Å². The van der Waals surface area contributed by atoms with Crippen molar-refractivity contribution in [1.82, 2.24) is 4.90 Å². The quantitative estimate of drug-likeness (QED) is 0.845. The molecule has 1 fully saturated rings. The third-order valence-corrected chi connectivity index (χ3v) is 3.93. The number of urea groups is 1. The molecule has 0 spiro atoms. The summed E-state index contributed by atoms with van der Waals surface area (Å²) in [6.45, 7) is 7.62. The first-order valence-electron chi connectivity index (χ1n) is 6.52. The molecule has 4 heteroatoms. The van der Waals surface area contributed by atoms with E-state index in [2.05, 4.69) is 0 Å². The number of aryl methyl sites for hydroxylation is 1. The standard InChI is InChI=1S/C15H22N2O2/c1-11-6-8-12(9-7-11)17-13(18)16(5)14(2,3)10-15(17,4)19/h6-9,19H,10H2,1-5H3/t15-/m0/s1. The van der Waals surface area contributed by atoms with E-state index in [-0.39, 0.29) is 11.6 Å². The Labute approximate surface area is 114 Å². The zero-order chi connectivity index (χ0) is 14.4. The number of amides is 2. The van der Waals surface area contributed by atoms with Crippen LogP contribution < -0.4 is 4.90 Å². The van der Waals surface area contributed by atoms with E-state index in [4.69, 9.17) is 0 Å². The second-order valence-corrected chi connectivity index (χ2v) is 6.22. The Balaban J connectivity index is 2.44. The molecule has 0 aliphatic carbocycles. The molecule has 1 aromatic rings. The van der Waals surface area contributed by atoms with Crippen LogP contribution in [0.1, 0.15) is 32.8 Å². The van der Waals surface area contributed by atoms with Gasteiger partial charge in [-0.15, -0.1) is 0 Å². The van der Waals surface area contributed by atoms with Gasteiger partial charge in [0.1, 0.15) is 5.72 Å². The van der Waals surface area contributed by atoms with Gasteiger partial charge in [0.25, 0.3) is 0 Å². The summed E-state index contributed by atoms with van der Waals surface area (Å²) in [6, 6.07) is 7.45. The van der Waals surface area contributed by atoms with E-state index in [1.807, 2.05) is 45.0 Å². The summed E-state index contributed by atoms with van der Waals surface area (Å²) in [5.41, 5.74) is 0.314. The molecule has 4 nitrogen and oxygen atoms in total. The van der Waals surface area contributed by atoms with Crippen LogP contribution in [0.15, 0.2) is 24.3 Å². The van der Waals surface area contributed by atoms with Crippen molar-refractivity contribution in [1.29, 1.82) is 0 Å². The first-order valence-corrected chi connectivity index (χ1v) is 6.52. The molecule has 0 saturated carbocycles. The van der Waals surface area contributed by atoms with Crippen molar-refractivity contribution in [3.8, 4) is 0 Å². The summed E-state index contributed by atoms with van der Waals surface area (Å²) in [7, 11) is 1.78. The number of benzene rings is 1. The molecule has 1 aliphatic heterocycles. The van der Waals surface area contributed by atoms with E-state index < -0.39 is 5.72 Å². The third kappa shape index (κ3) is 2.32. The predicted octanol–water partition coefficient (Wildman–Crippen LogP) is 2.74. The van der Waals surface area contributed by atoms with Gasteiger partial charge < -0.3 is 10.0 Å². The fourth-order valence-electron chi connectivity index (χ4n) is 2.71. The topological polar surface area (TPSA) is 43.8 Å². The molecule has 1 atom stereocenters. The van der Waals surface area contributed by atoms with E-state index in [9.17, 15) is 9.90 Å². The Morgan fingerprint density at radius 3 is 2.21 bits per heavy atom. The normalized spacial score (nSPS) is 26.7. The van der Waals surface area contributed by atoms with Gasteiger partial charge in [-0.05, 0) is 39.8 Å². The highest BCUT2D eigenvalue weighted by Crippen LogP contribution is 2.37. The molecule has 2 amide bonds. The van der Waals surface area contributed by atoms with Gasteiger partial charge in [-0.25, -0.2) is 4.79 Å². The number of nitrogens with zero attached hydrogens (tertiary/aromatic N) is 2. The van der Waals surface area contributed by atoms with Crippen LogP contribution in [0.3, 0.4) is 0 Å². The van der Waals surface area contributed by atoms with Gasteiger partial charge in [0.15, 0.2) is 0 Å². The Bertz CT molecular complexity index is 491. The molecule has 1 aromatic carbocycles. The van der Waals surface area contributed by atoms with Crippen molar-refractivity contribution in [3.63, 3.8) is 0 Å². The van der Waals surface area contributed by atoms with Crippen molar-refractivity contribution in [2.75, 3.05) is 11.9 Å². The smallest absolute Gasteiger partial charge is 0.327 e. The Morgan fingerprint density at radius 1 is 1.16 bits per heavy atom. The minimum Gasteiger partial charge on any atom is -0.371 e. The highest BCUT2D eigenvalue weighted by Gasteiger charge is 2.48. The summed E-state index contributed by atoms with van der Waals surface area (Å²) in [5.74, 6) is 0. The monoisotopic (exact) mass is 262 g/mol. The average Bonchev–Trinajstić information content (AvgIpc) is 2.27. The van der Waals surface area contributed by atoms with E-state index in [1.165, 1.54) is 4.90 Å². The van der Waals surface area contributed by atoms with E-state index in [1.54, 1.807) is 18.9 Å². The van der Waals surface area contributed by atoms with Crippen molar-refractivity contribution < 1.29 is 9.90 Å². The second-order valence-electron chi connectivity index (χ2n) is 6.22. The lowest BCUT2D eigenvalue weighted by Gasteiger charge is -2.52. The number of hydrogen-bond donors (Lipinski definition) is 1. The van der Waals surface area contributed by atoms with Crippen molar-refractivity contribution >= 4 is 11.7 Å². The van der Waals surface area contributed by atoms with E-state index in [0.717, 1.165) is 11.3 Å². The largest absolute Gasteiger partial charge is 0.371 e. The van der Waals surface area contributed by atoms with Gasteiger partial charge >= 0.3 is 6.03 Å². The third-order valence-electron chi connectivity index (χ3n) is 3.93. The van der Waals surface area contributed by atoms with Gasteiger partial charge in [0.05, 0.1) is 0 Å². The second kappa shape index (κ2) is 4.23. The number of hydrogen-bond acceptors (Lipinski definition) is 2. The maximum Gasteiger partial charge on any atom is 0.327 e. The number of aliphatic hydroxyl groups is 1. The molecular weight excluding hydrogens is 240 g/mol. The predicted molar refractivity (Wildman–Crippen MR) is 76.1 cm³/mol. The first kappa shape index (κ1) is 13.9. The molecule has 19 heavy (non-hydrogen) atoms. The van der Waals surface area contributed by atoms with Crippen molar-refractivity contribution in [2.24, 2.45) is 0 Å². The highest BCUT2D eigenvalue weighted by molar-refractivity contribution is 5.94. The van der Waals surface area contributed by atoms with Crippen LogP contribution in [0.25, 0.3) is 0 Å². The minimum atomic E-state index is -1.18. The molecule has 1 saturated heterocycles. The van der Waals surface area contributed by atoms with Crippen LogP contribution in [-0.2, 0) is 0 Å². The number of carbonyl (C=O) groups is 1. The summed E-state index contributed by atoms with van der Waals surface area (Å²) in [6.07, 6.45) is 0.496. The van der Waals surface area contributed by atoms with Gasteiger partial charge in [-0.3, -0.25) is 4.90 Å². The zero-order valence-corrected chi connectivity index (χ0v) is 12.3. The van der Waals surface area contributed by atoms with E-state index >= 15 is 0 Å². The van der Waals surface area contributed by atoms with Crippen LogP contribution in [0.5, 0.6) is 0 Å². The highest BCUT2D eigenvalue weighted by atomic mass is 16.3. The fourth-order valence-corrected chi connectivity index (χ4v) is 2.71. The molecule has 1 aliphatic rings. The van der Waals surface area contributed by atoms with Crippen molar-refractivity contribution in [2.45, 2.75) is 45.4 Å². The first-order chi connectivity index (χ1) is 8.65. The summed E-state index contributed by atoms with van der Waals surface area (Å²) < 4.78 is 0. The zero-order valence-electron chi connectivity index (χ0n) is 12.3. The van der Waals surface area contributed by atoms with Crippen LogP contribution in [0.4, 0.5) is 10.5 Å². The molecule has 104 valence electrons. The molecule has 1 N–H and O–H groups in total. The summed E-state index contributed by atoms with van der Waals surface area (Å²) in [5, 5.41) is 10.7. The molecular formula is C15H22N2O2. The number of anilines is 1. The lowest BCUT2D eigenvalue weighted by molar-refractivity contribution is -0.0182. The van der Waals surface area contributed by atoms with Crippen molar-refractivity contribution in [3.05, 3.63) is 29.8 Å². The molecule has 0 unspecified atom stereocenters. The lowest BCUT2D eigenvalue weighted by Crippen LogP contribution is -2.67. The average molecular weight is 262 g/mol. The fraction of sp³-hybridized carbons (Fsp3) is 0.533. The van der Waals surface area contributed by atoms with Gasteiger partial charge in [-0.2, -0.15) is 0 Å². The van der Waals surface area contributed by atoms with Crippen LogP contribution in [0, 0.1) is 6.92 Å². The SMILES string of the molecule is Cc1ccc(N2C(=O)N(C)C(C)(C)C[C@]2(C)O)cc1. The maximum absolute atomic E-state index is 12.5. The summed E-state index contributed by atoms with van der Waals surface area (Å²) in [4.78, 5) is 15.7.